The van der Waals surface area contributed by atoms with Crippen LogP contribution in [0.4, 0.5) is 0 Å². The zero-order valence-electron chi connectivity index (χ0n) is 20.9. The Hall–Kier alpha value is 0. The second-order valence-corrected chi connectivity index (χ2v) is 14.3. The van der Waals surface area contributed by atoms with Gasteiger partial charge in [0.25, 0.3) is 0 Å². The van der Waals surface area contributed by atoms with Crippen LogP contribution in [0.3, 0.4) is 0 Å². The molecule has 0 N–H and O–H groups in total. The number of hydrogen-bond donors (Lipinski definition) is 0. The predicted octanol–water partition coefficient (Wildman–Crippen LogP) is 8.89. The third-order valence-electron chi connectivity index (χ3n) is 13.5. The molecule has 0 aromatic rings. The summed E-state index contributed by atoms with van der Waals surface area (Å²) in [5, 5.41) is 0. The zero-order chi connectivity index (χ0) is 20.9. The lowest BCUT2D eigenvalue weighted by atomic mass is 9.32. The molecule has 0 aromatic heterocycles. The minimum absolute atomic E-state index is 0.566. The summed E-state index contributed by atoms with van der Waals surface area (Å²) in [5.41, 5.74) is 3.01. The Bertz CT molecular complexity index is 661. The largest absolute Gasteiger partial charge is 0.0651 e. The van der Waals surface area contributed by atoms with Crippen LogP contribution in [-0.4, -0.2) is 0 Å². The Labute approximate surface area is 182 Å². The van der Waals surface area contributed by atoms with Crippen molar-refractivity contribution < 1.29 is 0 Å². The van der Waals surface area contributed by atoms with E-state index < -0.39 is 0 Å². The van der Waals surface area contributed by atoms with Crippen LogP contribution in [-0.2, 0) is 0 Å². The van der Waals surface area contributed by atoms with Gasteiger partial charge in [0.2, 0.25) is 0 Å². The third kappa shape index (κ3) is 2.44. The fourth-order valence-corrected chi connectivity index (χ4v) is 11.8. The summed E-state index contributed by atoms with van der Waals surface area (Å²) in [4.78, 5) is 0. The molecule has 0 aliphatic heterocycles. The molecule has 0 radical (unpaired) electrons. The van der Waals surface area contributed by atoms with Crippen LogP contribution in [0.5, 0.6) is 0 Å². The Kier molecular flexibility index (Phi) is 4.52. The first-order valence-electron chi connectivity index (χ1n) is 13.5. The van der Waals surface area contributed by atoms with Crippen LogP contribution in [0.2, 0.25) is 0 Å². The van der Waals surface area contributed by atoms with Crippen molar-refractivity contribution in [2.45, 2.75) is 126 Å². The lowest BCUT2D eigenvalue weighted by Crippen LogP contribution is -2.65. The van der Waals surface area contributed by atoms with E-state index in [4.69, 9.17) is 0 Å². The molecule has 5 saturated carbocycles. The van der Waals surface area contributed by atoms with Crippen LogP contribution >= 0.6 is 0 Å². The van der Waals surface area contributed by atoms with Crippen molar-refractivity contribution in [3.05, 3.63) is 0 Å². The average Bonchev–Trinajstić information content (AvgIpc) is 2.98. The highest BCUT2D eigenvalue weighted by molar-refractivity contribution is 5.18. The van der Waals surface area contributed by atoms with E-state index in [0.29, 0.717) is 27.1 Å². The first-order chi connectivity index (χ1) is 13.5. The van der Waals surface area contributed by atoms with Gasteiger partial charge in [-0.1, -0.05) is 61.3 Å². The molecule has 0 amide bonds. The number of hydrogen-bond acceptors (Lipinski definition) is 0. The van der Waals surface area contributed by atoms with Gasteiger partial charge in [0, 0.05) is 0 Å². The maximum absolute atomic E-state index is 2.81. The first kappa shape index (κ1) is 20.9. The molecule has 5 fully saturated rings. The van der Waals surface area contributed by atoms with E-state index >= 15 is 0 Å². The van der Waals surface area contributed by atoms with Crippen LogP contribution in [0, 0.1) is 56.7 Å². The molecular weight excluding hydrogens is 348 g/mol. The van der Waals surface area contributed by atoms with Gasteiger partial charge in [-0.05, 0) is 121 Å². The predicted molar refractivity (Wildman–Crippen MR) is 125 cm³/mol. The van der Waals surface area contributed by atoms with E-state index in [1.54, 1.807) is 19.3 Å². The molecule has 166 valence electrons. The van der Waals surface area contributed by atoms with Gasteiger partial charge in [0.15, 0.2) is 0 Å². The van der Waals surface area contributed by atoms with E-state index in [2.05, 4.69) is 48.5 Å². The van der Waals surface area contributed by atoms with E-state index in [-0.39, 0.29) is 0 Å². The molecular formula is C29H50. The molecule has 0 nitrogen and oxygen atoms in total. The molecule has 29 heavy (non-hydrogen) atoms. The number of fused-ring (bicyclic) bond motifs is 7. The van der Waals surface area contributed by atoms with Crippen molar-refractivity contribution in [1.29, 1.82) is 0 Å². The topological polar surface area (TPSA) is 0 Å². The molecule has 5 aliphatic rings. The standard InChI is InChI=1S/C29H50/c1-8-20-10-11-21-22-12-13-24-27(5)16-9-15-25(2,3)23(27)14-17-29(24,7)28(22,6)19-18-26(20,21)4/h20-24H,8-19H2,1-7H3. The molecule has 5 aliphatic carbocycles. The van der Waals surface area contributed by atoms with Crippen LogP contribution in [0.15, 0.2) is 0 Å². The van der Waals surface area contributed by atoms with Crippen molar-refractivity contribution in [3.63, 3.8) is 0 Å². The van der Waals surface area contributed by atoms with Gasteiger partial charge in [0.05, 0.1) is 0 Å². The normalized spacial score (nSPS) is 58.7. The average molecular weight is 399 g/mol. The van der Waals surface area contributed by atoms with Crippen LogP contribution in [0.1, 0.15) is 126 Å². The number of rotatable bonds is 1. The second-order valence-electron chi connectivity index (χ2n) is 14.3. The van der Waals surface area contributed by atoms with Gasteiger partial charge in [0.1, 0.15) is 0 Å². The molecule has 0 spiro atoms. The molecule has 5 rings (SSSR count). The monoisotopic (exact) mass is 398 g/mol. The van der Waals surface area contributed by atoms with Gasteiger partial charge >= 0.3 is 0 Å². The molecule has 0 heteroatoms. The van der Waals surface area contributed by atoms with Crippen molar-refractivity contribution in [3.8, 4) is 0 Å². The summed E-state index contributed by atoms with van der Waals surface area (Å²) in [6.45, 7) is 18.8. The Morgan fingerprint density at radius 1 is 0.586 bits per heavy atom. The van der Waals surface area contributed by atoms with Gasteiger partial charge in [-0.15, -0.1) is 0 Å². The second kappa shape index (κ2) is 6.28. The van der Waals surface area contributed by atoms with Crippen molar-refractivity contribution in [2.75, 3.05) is 0 Å². The summed E-state index contributed by atoms with van der Waals surface area (Å²) in [6.07, 6.45) is 18.1. The lowest BCUT2D eigenvalue weighted by molar-refractivity contribution is -0.234. The first-order valence-corrected chi connectivity index (χ1v) is 13.5. The molecule has 0 saturated heterocycles. The summed E-state index contributed by atoms with van der Waals surface area (Å²) in [7, 11) is 0. The molecule has 0 heterocycles. The maximum atomic E-state index is 2.81. The smallest absolute Gasteiger partial charge is 0.0235 e. The van der Waals surface area contributed by atoms with Gasteiger partial charge in [-0.2, -0.15) is 0 Å². The molecule has 9 unspecified atom stereocenters. The van der Waals surface area contributed by atoms with Crippen LogP contribution in [0.25, 0.3) is 0 Å². The molecule has 0 bridgehead atoms. The summed E-state index contributed by atoms with van der Waals surface area (Å²) >= 11 is 0. The van der Waals surface area contributed by atoms with Gasteiger partial charge < -0.3 is 0 Å². The SMILES string of the molecule is CCC1CCC2C3CCC4C5(C)CCCC(C)(C)C5CCC4(C)C3(C)CCC12C. The fraction of sp³-hybridized carbons (Fsp3) is 1.00. The van der Waals surface area contributed by atoms with Gasteiger partial charge in [-0.3, -0.25) is 0 Å². The fourth-order valence-electron chi connectivity index (χ4n) is 11.8. The summed E-state index contributed by atoms with van der Waals surface area (Å²) < 4.78 is 0. The summed E-state index contributed by atoms with van der Waals surface area (Å²) in [5.74, 6) is 4.98. The van der Waals surface area contributed by atoms with Gasteiger partial charge in [-0.25, -0.2) is 0 Å². The Balaban J connectivity index is 1.52. The molecule has 0 aromatic carbocycles. The Morgan fingerprint density at radius 2 is 1.31 bits per heavy atom. The highest BCUT2D eigenvalue weighted by atomic mass is 14.7. The minimum atomic E-state index is 0.566. The van der Waals surface area contributed by atoms with E-state index in [9.17, 15) is 0 Å². The van der Waals surface area contributed by atoms with E-state index in [0.717, 1.165) is 29.6 Å². The van der Waals surface area contributed by atoms with Crippen LogP contribution < -0.4 is 0 Å². The van der Waals surface area contributed by atoms with Crippen molar-refractivity contribution in [2.24, 2.45) is 56.7 Å². The third-order valence-corrected chi connectivity index (χ3v) is 13.5. The Morgan fingerprint density at radius 3 is 2.03 bits per heavy atom. The van der Waals surface area contributed by atoms with E-state index in [1.807, 2.05) is 0 Å². The van der Waals surface area contributed by atoms with E-state index in [1.165, 1.54) is 57.8 Å². The highest BCUT2D eigenvalue weighted by Crippen LogP contribution is 2.77. The minimum Gasteiger partial charge on any atom is -0.0651 e. The lowest BCUT2D eigenvalue weighted by Gasteiger charge is -2.72. The molecule has 9 atom stereocenters. The highest BCUT2D eigenvalue weighted by Gasteiger charge is 2.69. The maximum Gasteiger partial charge on any atom is -0.0235 e. The zero-order valence-corrected chi connectivity index (χ0v) is 20.9. The van der Waals surface area contributed by atoms with Crippen molar-refractivity contribution >= 4 is 0 Å². The summed E-state index contributed by atoms with van der Waals surface area (Å²) in [6, 6.07) is 0. The van der Waals surface area contributed by atoms with Crippen molar-refractivity contribution in [1.82, 2.24) is 0 Å². The quantitative estimate of drug-likeness (QED) is 0.413.